The van der Waals surface area contributed by atoms with E-state index in [9.17, 15) is 0 Å². The largest absolute Gasteiger partial charge is 0.453 e. The zero-order chi connectivity index (χ0) is 11.4. The second kappa shape index (κ2) is 5.84. The first-order chi connectivity index (χ1) is 7.79. The highest BCUT2D eigenvalue weighted by atomic mass is 79.9. The van der Waals surface area contributed by atoms with E-state index in [1.807, 2.05) is 12.1 Å². The molecule has 1 saturated carbocycles. The molecule has 1 aromatic heterocycles. The summed E-state index contributed by atoms with van der Waals surface area (Å²) in [7, 11) is 0. The van der Waals surface area contributed by atoms with Gasteiger partial charge in [-0.15, -0.1) is 0 Å². The van der Waals surface area contributed by atoms with Gasteiger partial charge in [0, 0.05) is 6.54 Å². The molecule has 0 saturated heterocycles. The Morgan fingerprint density at radius 2 is 2.31 bits per heavy atom. The average molecular weight is 287 g/mol. The molecule has 3 N–H and O–H groups in total. The highest BCUT2D eigenvalue weighted by Gasteiger charge is 2.18. The molecule has 3 nitrogen and oxygen atoms in total. The van der Waals surface area contributed by atoms with Crippen LogP contribution in [0.15, 0.2) is 21.2 Å². The molecule has 0 bridgehead atoms. The van der Waals surface area contributed by atoms with Crippen molar-refractivity contribution in [3.05, 3.63) is 22.6 Å². The zero-order valence-electron chi connectivity index (χ0n) is 9.42. The molecule has 1 fully saturated rings. The van der Waals surface area contributed by atoms with Crippen molar-refractivity contribution >= 4 is 15.9 Å². The van der Waals surface area contributed by atoms with Crippen molar-refractivity contribution < 1.29 is 4.42 Å². The normalized spacial score (nSPS) is 18.4. The standard InChI is InChI=1S/C12H19BrN2O/c13-12-5-4-11(16-12)10(8-14)15-7-6-9-2-1-3-9/h4-5,9-10,15H,1-3,6-8,14H2. The minimum atomic E-state index is 0.145. The van der Waals surface area contributed by atoms with E-state index in [2.05, 4.69) is 21.2 Å². The molecular formula is C12H19BrN2O. The van der Waals surface area contributed by atoms with Crippen molar-refractivity contribution in [2.45, 2.75) is 31.7 Å². The fraction of sp³-hybridized carbons (Fsp3) is 0.667. The average Bonchev–Trinajstić information content (AvgIpc) is 2.62. The van der Waals surface area contributed by atoms with Crippen LogP contribution in [0.2, 0.25) is 0 Å². The Hall–Kier alpha value is -0.320. The highest BCUT2D eigenvalue weighted by Crippen LogP contribution is 2.29. The Morgan fingerprint density at radius 1 is 1.50 bits per heavy atom. The number of hydrogen-bond acceptors (Lipinski definition) is 3. The minimum absolute atomic E-state index is 0.145. The molecule has 1 aliphatic carbocycles. The SMILES string of the molecule is NCC(NCCC1CCC1)c1ccc(Br)o1. The zero-order valence-corrected chi connectivity index (χ0v) is 11.0. The maximum Gasteiger partial charge on any atom is 0.169 e. The topological polar surface area (TPSA) is 51.2 Å². The predicted octanol–water partition coefficient (Wildman–Crippen LogP) is 2.82. The van der Waals surface area contributed by atoms with Gasteiger partial charge in [-0.25, -0.2) is 0 Å². The molecule has 0 aliphatic heterocycles. The first kappa shape index (κ1) is 12.1. The van der Waals surface area contributed by atoms with Gasteiger partial charge in [0.2, 0.25) is 0 Å². The summed E-state index contributed by atoms with van der Waals surface area (Å²) < 4.78 is 6.27. The summed E-state index contributed by atoms with van der Waals surface area (Å²) in [6.45, 7) is 1.61. The van der Waals surface area contributed by atoms with Crippen molar-refractivity contribution in [2.24, 2.45) is 11.7 Å². The van der Waals surface area contributed by atoms with Crippen molar-refractivity contribution in [1.82, 2.24) is 5.32 Å². The van der Waals surface area contributed by atoms with Gasteiger partial charge in [-0.3, -0.25) is 0 Å². The lowest BCUT2D eigenvalue weighted by molar-refractivity contribution is 0.284. The number of nitrogens with one attached hydrogen (secondary N) is 1. The van der Waals surface area contributed by atoms with Gasteiger partial charge in [0.05, 0.1) is 6.04 Å². The van der Waals surface area contributed by atoms with E-state index in [4.69, 9.17) is 10.2 Å². The summed E-state index contributed by atoms with van der Waals surface area (Å²) >= 11 is 3.31. The second-order valence-corrected chi connectivity index (χ2v) is 5.25. The maximum atomic E-state index is 5.74. The molecular weight excluding hydrogens is 268 g/mol. The Balaban J connectivity index is 1.76. The number of rotatable bonds is 6. The molecule has 1 unspecified atom stereocenters. The fourth-order valence-electron chi connectivity index (χ4n) is 2.06. The van der Waals surface area contributed by atoms with E-state index < -0.39 is 0 Å². The van der Waals surface area contributed by atoms with Gasteiger partial charge in [-0.2, -0.15) is 0 Å². The number of hydrogen-bond donors (Lipinski definition) is 2. The minimum Gasteiger partial charge on any atom is -0.453 e. The van der Waals surface area contributed by atoms with Crippen LogP contribution in [0.4, 0.5) is 0 Å². The number of furan rings is 1. The third kappa shape index (κ3) is 3.09. The van der Waals surface area contributed by atoms with Crippen molar-refractivity contribution in [2.75, 3.05) is 13.1 Å². The quantitative estimate of drug-likeness (QED) is 0.846. The van der Waals surface area contributed by atoms with Crippen LogP contribution in [0.3, 0.4) is 0 Å². The maximum absolute atomic E-state index is 5.74. The van der Waals surface area contributed by atoms with Crippen LogP contribution in [0, 0.1) is 5.92 Å². The summed E-state index contributed by atoms with van der Waals surface area (Å²) in [4.78, 5) is 0. The molecule has 0 radical (unpaired) electrons. The lowest BCUT2D eigenvalue weighted by atomic mass is 9.83. The molecule has 4 heteroatoms. The van der Waals surface area contributed by atoms with Crippen LogP contribution < -0.4 is 11.1 Å². The molecule has 90 valence electrons. The fourth-order valence-corrected chi connectivity index (χ4v) is 2.38. The summed E-state index contributed by atoms with van der Waals surface area (Å²) in [5.74, 6) is 1.86. The number of halogens is 1. The van der Waals surface area contributed by atoms with Crippen LogP contribution in [-0.4, -0.2) is 13.1 Å². The molecule has 1 heterocycles. The van der Waals surface area contributed by atoms with E-state index >= 15 is 0 Å². The van der Waals surface area contributed by atoms with Gasteiger partial charge in [-0.1, -0.05) is 19.3 Å². The smallest absolute Gasteiger partial charge is 0.169 e. The van der Waals surface area contributed by atoms with E-state index in [1.54, 1.807) is 0 Å². The van der Waals surface area contributed by atoms with Crippen LogP contribution in [-0.2, 0) is 0 Å². The lowest BCUT2D eigenvalue weighted by Gasteiger charge is -2.26. The predicted molar refractivity (Wildman–Crippen MR) is 68.2 cm³/mol. The summed E-state index contributed by atoms with van der Waals surface area (Å²) in [5, 5.41) is 3.46. The van der Waals surface area contributed by atoms with E-state index in [0.717, 1.165) is 22.9 Å². The van der Waals surface area contributed by atoms with E-state index in [-0.39, 0.29) is 6.04 Å². The van der Waals surface area contributed by atoms with E-state index in [1.165, 1.54) is 25.7 Å². The first-order valence-electron chi connectivity index (χ1n) is 5.98. The highest BCUT2D eigenvalue weighted by molar-refractivity contribution is 9.10. The summed E-state index contributed by atoms with van der Waals surface area (Å²) in [6.07, 6.45) is 5.48. The molecule has 16 heavy (non-hydrogen) atoms. The third-order valence-corrected chi connectivity index (χ3v) is 3.77. The molecule has 0 aromatic carbocycles. The Kier molecular flexibility index (Phi) is 4.44. The van der Waals surface area contributed by atoms with Crippen molar-refractivity contribution in [1.29, 1.82) is 0 Å². The van der Waals surface area contributed by atoms with Gasteiger partial charge in [0.25, 0.3) is 0 Å². The molecule has 1 atom stereocenters. The molecule has 1 aromatic rings. The van der Waals surface area contributed by atoms with Crippen LogP contribution in [0.5, 0.6) is 0 Å². The Labute approximate surface area is 105 Å². The lowest BCUT2D eigenvalue weighted by Crippen LogP contribution is -2.30. The van der Waals surface area contributed by atoms with Crippen LogP contribution in [0.1, 0.15) is 37.5 Å². The first-order valence-corrected chi connectivity index (χ1v) is 6.77. The Morgan fingerprint density at radius 3 is 2.81 bits per heavy atom. The van der Waals surface area contributed by atoms with E-state index in [0.29, 0.717) is 6.54 Å². The van der Waals surface area contributed by atoms with Gasteiger partial charge >= 0.3 is 0 Å². The number of nitrogens with two attached hydrogens (primary N) is 1. The van der Waals surface area contributed by atoms with Crippen LogP contribution >= 0.6 is 15.9 Å². The third-order valence-electron chi connectivity index (χ3n) is 3.34. The van der Waals surface area contributed by atoms with Crippen molar-refractivity contribution in [3.63, 3.8) is 0 Å². The van der Waals surface area contributed by atoms with Gasteiger partial charge in [-0.05, 0) is 46.9 Å². The summed E-state index contributed by atoms with van der Waals surface area (Å²) in [5.41, 5.74) is 5.74. The monoisotopic (exact) mass is 286 g/mol. The second-order valence-electron chi connectivity index (χ2n) is 4.47. The summed E-state index contributed by atoms with van der Waals surface area (Å²) in [6, 6.07) is 4.02. The molecule has 0 amide bonds. The van der Waals surface area contributed by atoms with Crippen LogP contribution in [0.25, 0.3) is 0 Å². The molecule has 2 rings (SSSR count). The molecule has 0 spiro atoms. The Bertz CT molecular complexity index is 323. The molecule has 1 aliphatic rings. The van der Waals surface area contributed by atoms with Gasteiger partial charge in [0.15, 0.2) is 4.67 Å². The van der Waals surface area contributed by atoms with Gasteiger partial charge < -0.3 is 15.5 Å². The van der Waals surface area contributed by atoms with Gasteiger partial charge in [0.1, 0.15) is 5.76 Å². The van der Waals surface area contributed by atoms with Crippen molar-refractivity contribution in [3.8, 4) is 0 Å².